The topological polar surface area (TPSA) is 76.0 Å². The van der Waals surface area contributed by atoms with Crippen molar-refractivity contribution in [2.24, 2.45) is 7.05 Å². The monoisotopic (exact) mass is 546 g/mol. The van der Waals surface area contributed by atoms with Crippen LogP contribution in [0.4, 0.5) is 23.2 Å². The Balaban J connectivity index is 1.59. The van der Waals surface area contributed by atoms with Crippen molar-refractivity contribution in [2.75, 3.05) is 5.32 Å². The Morgan fingerprint density at radius 2 is 1.82 bits per heavy atom. The van der Waals surface area contributed by atoms with E-state index in [1.165, 1.54) is 36.0 Å². The number of hydrogen-bond acceptors (Lipinski definition) is 3. The van der Waals surface area contributed by atoms with Crippen molar-refractivity contribution in [1.82, 2.24) is 15.1 Å². The molecule has 1 aliphatic rings. The lowest BCUT2D eigenvalue weighted by Crippen LogP contribution is -2.21. The van der Waals surface area contributed by atoms with Crippen LogP contribution in [0.15, 0.2) is 60.7 Å². The molecule has 10 heteroatoms. The maximum atomic E-state index is 14.5. The standard InChI is InChI=1S/C30H22F4N4O2/c1-14-7-8-16(31)10-19(14)27-25-22(35-29(39)20-11-17(32)9-15-5-3-4-6-18(15)20)12-21-23(13-24(33)34)38(2)37-28(21)26(25)30(40)36-27/h3-12,24,27H,13H2,1-2H3,(H,35,39)(H,36,40). The molecule has 0 saturated heterocycles. The third-order valence-corrected chi connectivity index (χ3v) is 7.30. The van der Waals surface area contributed by atoms with Crippen LogP contribution in [-0.2, 0) is 13.5 Å². The van der Waals surface area contributed by atoms with Gasteiger partial charge in [0.05, 0.1) is 29.3 Å². The fourth-order valence-corrected chi connectivity index (χ4v) is 5.50. The second-order valence-electron chi connectivity index (χ2n) is 9.81. The molecule has 2 amide bonds. The molecule has 6 rings (SSSR count). The molecular formula is C30H22F4N4O2. The van der Waals surface area contributed by atoms with E-state index in [1.807, 2.05) is 0 Å². The Labute approximate surface area is 225 Å². The Morgan fingerprint density at radius 1 is 1.05 bits per heavy atom. The zero-order valence-electron chi connectivity index (χ0n) is 21.4. The number of nitrogens with one attached hydrogen (secondary N) is 2. The van der Waals surface area contributed by atoms with Gasteiger partial charge < -0.3 is 10.6 Å². The molecule has 0 fully saturated rings. The van der Waals surface area contributed by atoms with Gasteiger partial charge in [0.1, 0.15) is 17.2 Å². The van der Waals surface area contributed by atoms with Crippen molar-refractivity contribution < 1.29 is 27.2 Å². The summed E-state index contributed by atoms with van der Waals surface area (Å²) < 4.78 is 57.0. The first-order valence-electron chi connectivity index (χ1n) is 12.5. The van der Waals surface area contributed by atoms with E-state index < -0.39 is 42.3 Å². The van der Waals surface area contributed by atoms with Crippen LogP contribution in [-0.4, -0.2) is 28.0 Å². The smallest absolute Gasteiger partial charge is 0.256 e. The lowest BCUT2D eigenvalue weighted by Gasteiger charge is -2.19. The van der Waals surface area contributed by atoms with Gasteiger partial charge in [0.2, 0.25) is 6.43 Å². The van der Waals surface area contributed by atoms with Crippen LogP contribution in [0.1, 0.15) is 49.1 Å². The summed E-state index contributed by atoms with van der Waals surface area (Å²) in [6, 6.07) is 14.0. The largest absolute Gasteiger partial charge is 0.341 e. The molecule has 1 aromatic heterocycles. The van der Waals surface area contributed by atoms with Crippen LogP contribution in [0.3, 0.4) is 0 Å². The van der Waals surface area contributed by atoms with Crippen LogP contribution in [0.25, 0.3) is 21.7 Å². The van der Waals surface area contributed by atoms with Gasteiger partial charge in [-0.05, 0) is 59.2 Å². The Kier molecular flexibility index (Phi) is 6.05. The minimum Gasteiger partial charge on any atom is -0.341 e. The van der Waals surface area contributed by atoms with Crippen LogP contribution in [0.2, 0.25) is 0 Å². The number of aryl methyl sites for hydroxylation is 2. The van der Waals surface area contributed by atoms with Gasteiger partial charge in [-0.3, -0.25) is 14.3 Å². The van der Waals surface area contributed by atoms with E-state index in [-0.39, 0.29) is 33.4 Å². The molecule has 202 valence electrons. The number of carbonyl (C=O) groups excluding carboxylic acids is 2. The van der Waals surface area contributed by atoms with Crippen molar-refractivity contribution >= 4 is 39.2 Å². The minimum absolute atomic E-state index is 0.0548. The van der Waals surface area contributed by atoms with E-state index in [4.69, 9.17) is 0 Å². The van der Waals surface area contributed by atoms with Crippen molar-refractivity contribution in [3.05, 3.63) is 106 Å². The number of fused-ring (bicyclic) bond motifs is 4. The summed E-state index contributed by atoms with van der Waals surface area (Å²) in [5.74, 6) is -2.33. The second-order valence-corrected chi connectivity index (χ2v) is 9.81. The molecule has 6 nitrogen and oxygen atoms in total. The molecule has 5 aromatic rings. The number of rotatable bonds is 5. The highest BCUT2D eigenvalue weighted by atomic mass is 19.3. The highest BCUT2D eigenvalue weighted by Gasteiger charge is 2.37. The summed E-state index contributed by atoms with van der Waals surface area (Å²) in [7, 11) is 1.50. The molecule has 1 atom stereocenters. The normalized spacial score (nSPS) is 14.7. The first-order valence-corrected chi connectivity index (χ1v) is 12.5. The van der Waals surface area contributed by atoms with Gasteiger partial charge in [0, 0.05) is 23.7 Å². The van der Waals surface area contributed by atoms with Crippen LogP contribution in [0, 0.1) is 18.6 Å². The predicted molar refractivity (Wildman–Crippen MR) is 143 cm³/mol. The Morgan fingerprint density at radius 3 is 2.60 bits per heavy atom. The highest BCUT2D eigenvalue weighted by molar-refractivity contribution is 6.17. The van der Waals surface area contributed by atoms with E-state index in [0.29, 0.717) is 27.5 Å². The predicted octanol–water partition coefficient (Wildman–Crippen LogP) is 6.21. The number of carbonyl (C=O) groups is 2. The molecule has 0 spiro atoms. The number of amides is 2. The van der Waals surface area contributed by atoms with E-state index in [2.05, 4.69) is 15.7 Å². The highest BCUT2D eigenvalue weighted by Crippen LogP contribution is 2.42. The fourth-order valence-electron chi connectivity index (χ4n) is 5.50. The Bertz CT molecular complexity index is 1860. The van der Waals surface area contributed by atoms with Gasteiger partial charge in [0.15, 0.2) is 0 Å². The van der Waals surface area contributed by atoms with Gasteiger partial charge >= 0.3 is 0 Å². The molecule has 4 aromatic carbocycles. The molecule has 1 unspecified atom stereocenters. The lowest BCUT2D eigenvalue weighted by atomic mass is 9.91. The van der Waals surface area contributed by atoms with Gasteiger partial charge in [0.25, 0.3) is 11.8 Å². The van der Waals surface area contributed by atoms with Crippen LogP contribution in [0.5, 0.6) is 0 Å². The van der Waals surface area contributed by atoms with Gasteiger partial charge in [-0.2, -0.15) is 5.10 Å². The van der Waals surface area contributed by atoms with Crippen molar-refractivity contribution in [3.63, 3.8) is 0 Å². The zero-order chi connectivity index (χ0) is 28.3. The van der Waals surface area contributed by atoms with Crippen molar-refractivity contribution in [2.45, 2.75) is 25.8 Å². The molecule has 0 radical (unpaired) electrons. The number of nitrogens with zero attached hydrogens (tertiary/aromatic N) is 2. The SMILES string of the molecule is Cc1ccc(F)cc1C1NC(=O)c2c1c(NC(=O)c1cc(F)cc3ccccc13)cc1c(CC(F)F)n(C)nc21. The first-order chi connectivity index (χ1) is 19.1. The molecule has 0 saturated carbocycles. The molecular weight excluding hydrogens is 524 g/mol. The summed E-state index contributed by atoms with van der Waals surface area (Å²) in [6.07, 6.45) is -3.30. The van der Waals surface area contributed by atoms with E-state index in [9.17, 15) is 27.2 Å². The maximum absolute atomic E-state index is 14.5. The second kappa shape index (κ2) is 9.48. The van der Waals surface area contributed by atoms with E-state index in [1.54, 1.807) is 37.3 Å². The van der Waals surface area contributed by atoms with Gasteiger partial charge in [-0.25, -0.2) is 17.6 Å². The summed E-state index contributed by atoms with van der Waals surface area (Å²) in [4.78, 5) is 27.0. The number of anilines is 1. The quantitative estimate of drug-likeness (QED) is 0.258. The average molecular weight is 547 g/mol. The lowest BCUT2D eigenvalue weighted by molar-refractivity contribution is 0.0960. The minimum atomic E-state index is -2.68. The van der Waals surface area contributed by atoms with Crippen LogP contribution < -0.4 is 10.6 Å². The number of halogens is 4. The Hall–Kier alpha value is -4.73. The molecule has 1 aliphatic heterocycles. The summed E-state index contributed by atoms with van der Waals surface area (Å²) in [5, 5.41) is 11.3. The maximum Gasteiger partial charge on any atom is 0.256 e. The number of alkyl halides is 2. The van der Waals surface area contributed by atoms with Crippen molar-refractivity contribution in [3.8, 4) is 0 Å². The summed E-state index contributed by atoms with van der Waals surface area (Å²) >= 11 is 0. The van der Waals surface area contributed by atoms with Gasteiger partial charge in [-0.1, -0.05) is 30.3 Å². The molecule has 0 aliphatic carbocycles. The molecule has 2 heterocycles. The van der Waals surface area contributed by atoms with Crippen LogP contribution >= 0.6 is 0 Å². The fraction of sp³-hybridized carbons (Fsp3) is 0.167. The molecule has 2 N–H and O–H groups in total. The third-order valence-electron chi connectivity index (χ3n) is 7.30. The van der Waals surface area contributed by atoms with E-state index >= 15 is 0 Å². The summed E-state index contributed by atoms with van der Waals surface area (Å²) in [5.41, 5.74) is 2.14. The number of hydrogen-bond donors (Lipinski definition) is 2. The third kappa shape index (κ3) is 4.16. The molecule has 40 heavy (non-hydrogen) atoms. The zero-order valence-corrected chi connectivity index (χ0v) is 21.4. The van der Waals surface area contributed by atoms with Gasteiger partial charge in [-0.15, -0.1) is 0 Å². The van der Waals surface area contributed by atoms with Crippen molar-refractivity contribution in [1.29, 1.82) is 0 Å². The first kappa shape index (κ1) is 25.5. The number of benzene rings is 4. The van der Waals surface area contributed by atoms with E-state index in [0.717, 1.165) is 6.07 Å². The molecule has 0 bridgehead atoms. The number of aromatic nitrogens is 2. The average Bonchev–Trinajstić information content (AvgIpc) is 3.41. The summed E-state index contributed by atoms with van der Waals surface area (Å²) in [6.45, 7) is 1.76.